The van der Waals surface area contributed by atoms with Crippen molar-refractivity contribution in [1.29, 1.82) is 0 Å². The molecule has 1 aromatic rings. The van der Waals surface area contributed by atoms with E-state index in [2.05, 4.69) is 37.9 Å². The van der Waals surface area contributed by atoms with Crippen molar-refractivity contribution >= 4 is 5.69 Å². The maximum Gasteiger partial charge on any atom is 0.127 e. The van der Waals surface area contributed by atoms with Crippen LogP contribution in [0.2, 0.25) is 0 Å². The Morgan fingerprint density at radius 3 is 2.50 bits per heavy atom. The first-order valence-electron chi connectivity index (χ1n) is 9.41. The molecule has 0 spiro atoms. The molecule has 2 heterocycles. The van der Waals surface area contributed by atoms with E-state index in [1.54, 1.807) is 0 Å². The monoisotopic (exact) mass is 331 g/mol. The van der Waals surface area contributed by atoms with Gasteiger partial charge in [-0.05, 0) is 70.3 Å². The summed E-state index contributed by atoms with van der Waals surface area (Å²) in [6.45, 7) is 14.1. The lowest BCUT2D eigenvalue weighted by atomic mass is 9.92. The smallest absolute Gasteiger partial charge is 0.127 e. The van der Waals surface area contributed by atoms with Crippen LogP contribution in [0.15, 0.2) is 0 Å². The Balaban J connectivity index is 1.57. The molecule has 3 rings (SSSR count). The van der Waals surface area contributed by atoms with E-state index in [0.717, 1.165) is 43.1 Å². The van der Waals surface area contributed by atoms with Gasteiger partial charge in [-0.25, -0.2) is 0 Å². The molecule has 2 aliphatic heterocycles. The largest absolute Gasteiger partial charge is 0.485 e. The van der Waals surface area contributed by atoms with Crippen molar-refractivity contribution in [2.75, 3.05) is 38.5 Å². The second kappa shape index (κ2) is 6.93. The highest BCUT2D eigenvalue weighted by Gasteiger charge is 2.37. The highest BCUT2D eigenvalue weighted by atomic mass is 16.5. The Morgan fingerprint density at radius 2 is 1.79 bits per heavy atom. The Morgan fingerprint density at radius 1 is 1.08 bits per heavy atom. The van der Waals surface area contributed by atoms with Gasteiger partial charge < -0.3 is 20.7 Å². The zero-order valence-corrected chi connectivity index (χ0v) is 15.8. The van der Waals surface area contributed by atoms with Crippen LogP contribution >= 0.6 is 0 Å². The Bertz CT molecular complexity index is 569. The lowest BCUT2D eigenvalue weighted by molar-refractivity contribution is 0.112. The van der Waals surface area contributed by atoms with Crippen LogP contribution in [0.5, 0.6) is 5.75 Å². The number of nitrogens with one attached hydrogen (secondary N) is 1. The number of likely N-dealkylation sites (tertiary alicyclic amines) is 1. The van der Waals surface area contributed by atoms with Crippen LogP contribution in [0.3, 0.4) is 0 Å². The fourth-order valence-corrected chi connectivity index (χ4v) is 4.09. The molecule has 4 nitrogen and oxygen atoms in total. The number of hydrogen-bond donors (Lipinski definition) is 2. The summed E-state index contributed by atoms with van der Waals surface area (Å²) in [7, 11) is 0. The zero-order chi connectivity index (χ0) is 17.3. The van der Waals surface area contributed by atoms with Crippen LogP contribution in [0, 0.1) is 20.8 Å². The van der Waals surface area contributed by atoms with Gasteiger partial charge in [-0.1, -0.05) is 6.42 Å². The predicted octanol–water partition coefficient (Wildman–Crippen LogP) is 2.96. The summed E-state index contributed by atoms with van der Waals surface area (Å²) in [6.07, 6.45) is 5.05. The van der Waals surface area contributed by atoms with Gasteiger partial charge in [-0.3, -0.25) is 0 Å². The van der Waals surface area contributed by atoms with E-state index in [1.165, 1.54) is 49.0 Å². The molecule has 4 heteroatoms. The van der Waals surface area contributed by atoms with Crippen LogP contribution in [-0.2, 0) is 6.42 Å². The first-order chi connectivity index (χ1) is 11.4. The molecule has 0 saturated carbocycles. The van der Waals surface area contributed by atoms with E-state index in [1.807, 2.05) is 0 Å². The number of ether oxygens (including phenoxy) is 1. The molecule has 0 aliphatic carbocycles. The minimum absolute atomic E-state index is 0.167. The molecule has 24 heavy (non-hydrogen) atoms. The van der Waals surface area contributed by atoms with Gasteiger partial charge in [-0.2, -0.15) is 0 Å². The summed E-state index contributed by atoms with van der Waals surface area (Å²) in [5.74, 6) is 1.07. The van der Waals surface area contributed by atoms with Crippen molar-refractivity contribution in [2.45, 2.75) is 59.0 Å². The first-order valence-corrected chi connectivity index (χ1v) is 9.41. The topological polar surface area (TPSA) is 50.5 Å². The molecule has 0 aromatic heterocycles. The first kappa shape index (κ1) is 17.6. The quantitative estimate of drug-likeness (QED) is 0.643. The molecular weight excluding hydrogens is 298 g/mol. The highest BCUT2D eigenvalue weighted by Crippen LogP contribution is 2.43. The molecule has 3 N–H and O–H groups in total. The van der Waals surface area contributed by atoms with Crippen molar-refractivity contribution in [2.24, 2.45) is 0 Å². The molecule has 1 saturated heterocycles. The van der Waals surface area contributed by atoms with Crippen LogP contribution in [0.4, 0.5) is 5.69 Å². The van der Waals surface area contributed by atoms with Gasteiger partial charge in [0.25, 0.3) is 0 Å². The van der Waals surface area contributed by atoms with Crippen LogP contribution in [-0.4, -0.2) is 43.2 Å². The van der Waals surface area contributed by atoms with Gasteiger partial charge in [0.1, 0.15) is 11.4 Å². The van der Waals surface area contributed by atoms with Crippen molar-refractivity contribution < 1.29 is 4.74 Å². The van der Waals surface area contributed by atoms with Crippen LogP contribution in [0.1, 0.15) is 48.4 Å². The number of nitrogens with zero attached hydrogens (tertiary/aromatic N) is 1. The summed E-state index contributed by atoms with van der Waals surface area (Å²) in [6, 6.07) is 0. The van der Waals surface area contributed by atoms with Gasteiger partial charge in [0.05, 0.1) is 0 Å². The molecule has 1 aromatic carbocycles. The molecule has 1 unspecified atom stereocenters. The molecule has 1 atom stereocenters. The van der Waals surface area contributed by atoms with Crippen molar-refractivity contribution in [3.8, 4) is 5.75 Å². The van der Waals surface area contributed by atoms with Crippen molar-refractivity contribution in [3.05, 3.63) is 22.3 Å². The van der Waals surface area contributed by atoms with E-state index < -0.39 is 0 Å². The minimum Gasteiger partial charge on any atom is -0.485 e. The minimum atomic E-state index is -0.167. The number of nitrogen functional groups attached to an aromatic ring is 1. The number of piperidine rings is 1. The van der Waals surface area contributed by atoms with Crippen LogP contribution < -0.4 is 15.8 Å². The number of rotatable bonds is 5. The number of benzene rings is 1. The van der Waals surface area contributed by atoms with Gasteiger partial charge >= 0.3 is 0 Å². The standard InChI is InChI=1S/C20H33N3O/c1-14-15(2)19-17(16(3)18(14)21)12-20(4,24-19)13-22-8-11-23-9-6-5-7-10-23/h22H,5-13,21H2,1-4H3. The number of fused-ring (bicyclic) bond motifs is 1. The molecule has 0 radical (unpaired) electrons. The lowest BCUT2D eigenvalue weighted by Crippen LogP contribution is -2.44. The SMILES string of the molecule is Cc1c(C)c2c(c(C)c1N)CC(C)(CNCCN1CCCCC1)O2. The number of hydrogen-bond acceptors (Lipinski definition) is 4. The number of nitrogens with two attached hydrogens (primary N) is 1. The fourth-order valence-electron chi connectivity index (χ4n) is 4.09. The normalized spacial score (nSPS) is 24.0. The van der Waals surface area contributed by atoms with E-state index in [4.69, 9.17) is 10.5 Å². The summed E-state index contributed by atoms with van der Waals surface area (Å²) >= 11 is 0. The van der Waals surface area contributed by atoms with E-state index in [0.29, 0.717) is 0 Å². The summed E-state index contributed by atoms with van der Waals surface area (Å²) in [5.41, 5.74) is 11.9. The van der Waals surface area contributed by atoms with Gasteiger partial charge in [0.2, 0.25) is 0 Å². The maximum atomic E-state index is 6.40. The fraction of sp³-hybridized carbons (Fsp3) is 0.700. The third-order valence-electron chi connectivity index (χ3n) is 5.89. The lowest BCUT2D eigenvalue weighted by Gasteiger charge is -2.28. The molecule has 1 fully saturated rings. The van der Waals surface area contributed by atoms with Crippen molar-refractivity contribution in [1.82, 2.24) is 10.2 Å². The summed E-state index contributed by atoms with van der Waals surface area (Å²) in [4.78, 5) is 2.57. The van der Waals surface area contributed by atoms with E-state index >= 15 is 0 Å². The van der Waals surface area contributed by atoms with E-state index in [-0.39, 0.29) is 5.60 Å². The number of anilines is 1. The zero-order valence-electron chi connectivity index (χ0n) is 15.8. The third kappa shape index (κ3) is 3.40. The summed E-state index contributed by atoms with van der Waals surface area (Å²) < 4.78 is 6.40. The molecule has 0 bridgehead atoms. The molecule has 0 amide bonds. The van der Waals surface area contributed by atoms with Gasteiger partial charge in [0, 0.05) is 37.3 Å². The third-order valence-corrected chi connectivity index (χ3v) is 5.89. The average molecular weight is 332 g/mol. The summed E-state index contributed by atoms with van der Waals surface area (Å²) in [5, 5.41) is 3.62. The van der Waals surface area contributed by atoms with E-state index in [9.17, 15) is 0 Å². The van der Waals surface area contributed by atoms with Crippen LogP contribution in [0.25, 0.3) is 0 Å². The second-order valence-corrected chi connectivity index (χ2v) is 7.90. The average Bonchev–Trinajstić information content (AvgIpc) is 2.94. The highest BCUT2D eigenvalue weighted by molar-refractivity contribution is 5.66. The molecular formula is C20H33N3O. The predicted molar refractivity (Wildman–Crippen MR) is 101 cm³/mol. The molecule has 2 aliphatic rings. The second-order valence-electron chi connectivity index (χ2n) is 7.90. The van der Waals surface area contributed by atoms with Gasteiger partial charge in [0.15, 0.2) is 0 Å². The van der Waals surface area contributed by atoms with Crippen molar-refractivity contribution in [3.63, 3.8) is 0 Å². The Kier molecular flexibility index (Phi) is 5.07. The Labute approximate surface area is 146 Å². The van der Waals surface area contributed by atoms with Gasteiger partial charge in [-0.15, -0.1) is 0 Å². The molecule has 134 valence electrons. The Hall–Kier alpha value is -1.26. The maximum absolute atomic E-state index is 6.40.